The van der Waals surface area contributed by atoms with Crippen LogP contribution in [-0.4, -0.2) is 54.2 Å². The van der Waals surface area contributed by atoms with E-state index in [0.29, 0.717) is 17.3 Å². The highest BCUT2D eigenvalue weighted by Crippen LogP contribution is 2.33. The first-order chi connectivity index (χ1) is 14.4. The van der Waals surface area contributed by atoms with Crippen molar-refractivity contribution < 1.29 is 4.39 Å². The van der Waals surface area contributed by atoms with Crippen molar-refractivity contribution in [3.05, 3.63) is 47.4 Å². The predicted molar refractivity (Wildman–Crippen MR) is 113 cm³/mol. The van der Waals surface area contributed by atoms with Gasteiger partial charge in [-0.2, -0.15) is 10.2 Å². The van der Waals surface area contributed by atoms with Gasteiger partial charge < -0.3 is 4.90 Å². The second kappa shape index (κ2) is 7.12. The van der Waals surface area contributed by atoms with Crippen molar-refractivity contribution in [2.24, 2.45) is 0 Å². The summed E-state index contributed by atoms with van der Waals surface area (Å²) in [7, 11) is 4.26. The molecule has 4 aromatic rings. The van der Waals surface area contributed by atoms with E-state index < -0.39 is 0 Å². The van der Waals surface area contributed by atoms with Gasteiger partial charge in [-0.05, 0) is 71.3 Å². The molecule has 5 rings (SSSR count). The molecule has 156 valence electrons. The zero-order chi connectivity index (χ0) is 21.0. The lowest BCUT2D eigenvalue weighted by Gasteiger charge is -2.31. The summed E-state index contributed by atoms with van der Waals surface area (Å²) >= 11 is 0. The molecule has 7 nitrogen and oxygen atoms in total. The molecule has 1 fully saturated rings. The van der Waals surface area contributed by atoms with Crippen LogP contribution >= 0.6 is 0 Å². The Kier molecular flexibility index (Phi) is 4.54. The van der Waals surface area contributed by atoms with Crippen molar-refractivity contribution in [2.75, 3.05) is 14.1 Å². The highest BCUT2D eigenvalue weighted by atomic mass is 19.1. The van der Waals surface area contributed by atoms with Crippen LogP contribution in [0.1, 0.15) is 48.7 Å². The minimum absolute atomic E-state index is 0.278. The Morgan fingerprint density at radius 1 is 0.933 bits per heavy atom. The van der Waals surface area contributed by atoms with E-state index >= 15 is 0 Å². The van der Waals surface area contributed by atoms with Crippen LogP contribution in [0.15, 0.2) is 24.5 Å². The van der Waals surface area contributed by atoms with Crippen LogP contribution in [0.5, 0.6) is 0 Å². The molecule has 0 saturated heterocycles. The van der Waals surface area contributed by atoms with E-state index in [4.69, 9.17) is 0 Å². The van der Waals surface area contributed by atoms with Crippen molar-refractivity contribution in [2.45, 2.75) is 51.5 Å². The number of halogens is 1. The molecule has 0 radical (unpaired) electrons. The Balaban J connectivity index is 1.50. The van der Waals surface area contributed by atoms with Gasteiger partial charge in [0.1, 0.15) is 0 Å². The number of nitrogens with zero attached hydrogens (tertiary/aromatic N) is 7. The molecule has 0 spiro atoms. The van der Waals surface area contributed by atoms with E-state index in [1.165, 1.54) is 6.07 Å². The predicted octanol–water partition coefficient (Wildman–Crippen LogP) is 3.78. The summed E-state index contributed by atoms with van der Waals surface area (Å²) in [6, 6.07) is 4.04. The van der Waals surface area contributed by atoms with E-state index in [9.17, 15) is 4.39 Å². The molecule has 1 aliphatic rings. The second-order valence-electron chi connectivity index (χ2n) is 8.65. The molecule has 8 heteroatoms. The highest BCUT2D eigenvalue weighted by Gasteiger charge is 2.27. The molecule has 4 heterocycles. The van der Waals surface area contributed by atoms with Crippen LogP contribution < -0.4 is 0 Å². The Bertz CT molecular complexity index is 1230. The monoisotopic (exact) mass is 407 g/mol. The Labute approximate surface area is 174 Å². The second-order valence-corrected chi connectivity index (χ2v) is 8.65. The lowest BCUT2D eigenvalue weighted by molar-refractivity contribution is 0.214. The van der Waals surface area contributed by atoms with E-state index in [1.807, 2.05) is 32.3 Å². The fourth-order valence-corrected chi connectivity index (χ4v) is 4.51. The van der Waals surface area contributed by atoms with E-state index in [-0.39, 0.29) is 17.4 Å². The van der Waals surface area contributed by atoms with E-state index in [2.05, 4.69) is 39.2 Å². The lowest BCUT2D eigenvalue weighted by Crippen LogP contribution is -2.31. The van der Waals surface area contributed by atoms with Crippen molar-refractivity contribution in [3.63, 3.8) is 0 Å². The first kappa shape index (κ1) is 19.1. The zero-order valence-corrected chi connectivity index (χ0v) is 17.8. The van der Waals surface area contributed by atoms with Crippen molar-refractivity contribution in [3.8, 4) is 11.3 Å². The largest absolute Gasteiger partial charge is 0.306 e. The average Bonchev–Trinajstić information content (AvgIpc) is 3.31. The van der Waals surface area contributed by atoms with Crippen LogP contribution in [0.2, 0.25) is 0 Å². The molecule has 0 atom stereocenters. The lowest BCUT2D eigenvalue weighted by atomic mass is 9.85. The van der Waals surface area contributed by atoms with Gasteiger partial charge in [-0.25, -0.2) is 23.4 Å². The molecule has 0 unspecified atom stereocenters. The van der Waals surface area contributed by atoms with Crippen LogP contribution in [0.25, 0.3) is 22.6 Å². The van der Waals surface area contributed by atoms with Crippen molar-refractivity contribution in [1.82, 2.24) is 34.1 Å². The zero-order valence-electron chi connectivity index (χ0n) is 17.8. The third kappa shape index (κ3) is 3.25. The van der Waals surface area contributed by atoms with Crippen LogP contribution in [0.4, 0.5) is 4.39 Å². The number of fused-ring (bicyclic) bond motifs is 2. The Morgan fingerprint density at radius 2 is 1.67 bits per heavy atom. The number of pyridine rings is 1. The molecule has 1 saturated carbocycles. The molecule has 1 aliphatic carbocycles. The third-order valence-corrected chi connectivity index (χ3v) is 6.22. The summed E-state index contributed by atoms with van der Waals surface area (Å²) in [6.45, 7) is 3.92. The van der Waals surface area contributed by atoms with E-state index in [0.717, 1.165) is 48.4 Å². The number of rotatable bonds is 3. The van der Waals surface area contributed by atoms with Crippen molar-refractivity contribution >= 4 is 11.3 Å². The third-order valence-electron chi connectivity index (χ3n) is 6.22. The molecule has 0 N–H and O–H groups in total. The maximum Gasteiger partial charge on any atom is 0.191 e. The summed E-state index contributed by atoms with van der Waals surface area (Å²) in [5.41, 5.74) is 4.33. The Hall–Kier alpha value is -2.87. The summed E-state index contributed by atoms with van der Waals surface area (Å²) < 4.78 is 18.2. The smallest absolute Gasteiger partial charge is 0.191 e. The summed E-state index contributed by atoms with van der Waals surface area (Å²) in [4.78, 5) is 11.3. The van der Waals surface area contributed by atoms with Gasteiger partial charge >= 0.3 is 0 Å². The molecular weight excluding hydrogens is 381 g/mol. The quantitative estimate of drug-likeness (QED) is 0.517. The van der Waals surface area contributed by atoms with Gasteiger partial charge in [0.2, 0.25) is 0 Å². The van der Waals surface area contributed by atoms with Crippen LogP contribution in [0, 0.1) is 19.7 Å². The molecule has 30 heavy (non-hydrogen) atoms. The average molecular weight is 407 g/mol. The maximum atomic E-state index is 14.9. The minimum atomic E-state index is -0.380. The fraction of sp³-hybridized carbons (Fsp3) is 0.455. The first-order valence-electron chi connectivity index (χ1n) is 10.5. The first-order valence-corrected chi connectivity index (χ1v) is 10.5. The summed E-state index contributed by atoms with van der Waals surface area (Å²) in [5.74, 6) is 0.650. The molecule has 0 aromatic carbocycles. The van der Waals surface area contributed by atoms with Gasteiger partial charge in [-0.15, -0.1) is 0 Å². The van der Waals surface area contributed by atoms with Gasteiger partial charge in [0.05, 0.1) is 17.6 Å². The number of aromatic nitrogens is 6. The van der Waals surface area contributed by atoms with E-state index in [1.54, 1.807) is 9.03 Å². The van der Waals surface area contributed by atoms with Gasteiger partial charge in [0, 0.05) is 23.7 Å². The number of imidazole rings is 1. The SMILES string of the molecule is Cc1cn2nc(-c3cc(F)c4nc(C5CCC(N(C)C)CC5)nn4c3)cc(C)c2n1. The summed E-state index contributed by atoms with van der Waals surface area (Å²) in [6.07, 6.45) is 8.00. The number of hydrogen-bond donors (Lipinski definition) is 0. The molecular formula is C22H26FN7. The standard InChI is InChI=1S/C22H26FN7/c1-13-9-19(26-29-11-14(2)24-21(13)29)16-10-18(23)22-25-20(27-30(22)12-16)15-5-7-17(8-6-15)28(3)4/h9-12,15,17H,5-8H2,1-4H3. The molecule has 0 aliphatic heterocycles. The summed E-state index contributed by atoms with van der Waals surface area (Å²) in [5, 5.41) is 9.27. The van der Waals surface area contributed by atoms with Gasteiger partial charge in [0.25, 0.3) is 0 Å². The van der Waals surface area contributed by atoms with Gasteiger partial charge in [-0.1, -0.05) is 0 Å². The molecule has 4 aromatic heterocycles. The highest BCUT2D eigenvalue weighted by molar-refractivity contribution is 5.64. The molecule has 0 amide bonds. The number of aryl methyl sites for hydroxylation is 2. The van der Waals surface area contributed by atoms with Crippen LogP contribution in [-0.2, 0) is 0 Å². The molecule has 0 bridgehead atoms. The normalized spacial score (nSPS) is 19.9. The topological polar surface area (TPSA) is 63.6 Å². The Morgan fingerprint density at radius 3 is 2.40 bits per heavy atom. The minimum Gasteiger partial charge on any atom is -0.306 e. The maximum absolute atomic E-state index is 14.9. The van der Waals surface area contributed by atoms with Gasteiger partial charge in [0.15, 0.2) is 22.9 Å². The van der Waals surface area contributed by atoms with Crippen molar-refractivity contribution in [1.29, 1.82) is 0 Å². The number of hydrogen-bond acceptors (Lipinski definition) is 5. The van der Waals surface area contributed by atoms with Crippen LogP contribution in [0.3, 0.4) is 0 Å². The fourth-order valence-electron chi connectivity index (χ4n) is 4.51. The van der Waals surface area contributed by atoms with Gasteiger partial charge in [-0.3, -0.25) is 0 Å².